The van der Waals surface area contributed by atoms with Gasteiger partial charge in [0.15, 0.2) is 0 Å². The Hall–Kier alpha value is -2.08. The second kappa shape index (κ2) is 18.5. The van der Waals surface area contributed by atoms with Crippen LogP contribution in [-0.2, 0) is 20.7 Å². The molecule has 0 aliphatic heterocycles. The van der Waals surface area contributed by atoms with Crippen molar-refractivity contribution in [3.05, 3.63) is 71.3 Å². The average molecular weight is 670 g/mol. The third-order valence-electron chi connectivity index (χ3n) is 8.01. The zero-order valence-electron chi connectivity index (χ0n) is 26.8. The topological polar surface area (TPSA) is 52.6 Å². The van der Waals surface area contributed by atoms with Gasteiger partial charge in [-0.15, -0.1) is 0 Å². The van der Waals surface area contributed by atoms with Crippen LogP contribution in [0.15, 0.2) is 54.6 Å². The number of benzene rings is 2. The number of hydrogen-bond acceptors (Lipinski definition) is 4. The monoisotopic (exact) mass is 670 g/mol. The first-order chi connectivity index (χ1) is 19.7. The Kier molecular flexibility index (Phi) is 15.8. The molecular weight excluding hydrogens is 615 g/mol. The molecule has 41 heavy (non-hydrogen) atoms. The number of esters is 2. The summed E-state index contributed by atoms with van der Waals surface area (Å²) >= 11 is -2.97. The van der Waals surface area contributed by atoms with Crippen LogP contribution < -0.4 is 4.74 Å². The molecule has 0 unspecified atom stereocenters. The van der Waals surface area contributed by atoms with Crippen LogP contribution in [0, 0.1) is 5.92 Å². The van der Waals surface area contributed by atoms with E-state index >= 15 is 0 Å². The summed E-state index contributed by atoms with van der Waals surface area (Å²) in [5.41, 5.74) is 3.33. The first-order valence-corrected chi connectivity index (χ1v) is 23.5. The average Bonchev–Trinajstić information content (AvgIpc) is 2.96. The molecule has 2 aromatic carbocycles. The normalized spacial score (nSPS) is 12.8. The molecule has 0 bridgehead atoms. The number of carbonyl (C=O) groups excluding carboxylic acids is 2. The maximum atomic E-state index is 13.0. The van der Waals surface area contributed by atoms with Gasteiger partial charge in [-0.3, -0.25) is 0 Å². The molecule has 226 valence electrons. The molecule has 0 saturated carbocycles. The molecule has 5 heteroatoms. The van der Waals surface area contributed by atoms with E-state index in [1.165, 1.54) is 41.7 Å². The van der Waals surface area contributed by atoms with Crippen LogP contribution in [0.2, 0.25) is 13.3 Å². The Labute approximate surface area is 254 Å². The van der Waals surface area contributed by atoms with E-state index < -0.39 is 18.4 Å². The number of hydrogen-bond donors (Lipinski definition) is 0. The summed E-state index contributed by atoms with van der Waals surface area (Å²) < 4.78 is 16.3. The summed E-state index contributed by atoms with van der Waals surface area (Å²) in [6.07, 6.45) is 9.96. The van der Waals surface area contributed by atoms with E-state index in [2.05, 4.69) is 58.9 Å². The molecule has 1 atom stereocenters. The van der Waals surface area contributed by atoms with Crippen molar-refractivity contribution in [1.29, 1.82) is 0 Å². The number of unbranched alkanes of at least 4 members (excludes halogenated alkanes) is 3. The molecule has 0 spiro atoms. The fourth-order valence-electron chi connectivity index (χ4n) is 5.63. The van der Waals surface area contributed by atoms with E-state index in [0.717, 1.165) is 36.8 Å². The zero-order valence-corrected chi connectivity index (χ0v) is 29.6. The number of ether oxygens (including phenoxy) is 2. The van der Waals surface area contributed by atoms with Crippen molar-refractivity contribution in [2.24, 2.45) is 5.92 Å². The summed E-state index contributed by atoms with van der Waals surface area (Å²) in [6, 6.07) is 16.2. The first kappa shape index (κ1) is 35.1. The van der Waals surface area contributed by atoms with E-state index in [4.69, 9.17) is 9.47 Å². The zero-order chi connectivity index (χ0) is 30.3. The molecule has 0 radical (unpaired) electrons. The van der Waals surface area contributed by atoms with Crippen molar-refractivity contribution in [3.8, 4) is 5.75 Å². The van der Waals surface area contributed by atoms with Crippen LogP contribution in [0.4, 0.5) is 0 Å². The predicted molar refractivity (Wildman–Crippen MR) is 175 cm³/mol. The van der Waals surface area contributed by atoms with Gasteiger partial charge in [-0.25, -0.2) is 0 Å². The Morgan fingerprint density at radius 2 is 1.32 bits per heavy atom. The van der Waals surface area contributed by atoms with Crippen molar-refractivity contribution >= 4 is 33.9 Å². The molecule has 0 aliphatic carbocycles. The molecule has 0 aromatic heterocycles. The molecule has 0 fully saturated rings. The van der Waals surface area contributed by atoms with E-state index in [1.807, 2.05) is 44.2 Å². The fourth-order valence-corrected chi connectivity index (χ4v) is 22.3. The van der Waals surface area contributed by atoms with E-state index in [0.29, 0.717) is 18.3 Å². The van der Waals surface area contributed by atoms with Crippen molar-refractivity contribution in [2.45, 2.75) is 113 Å². The van der Waals surface area contributed by atoms with Gasteiger partial charge >= 0.3 is 229 Å². The van der Waals surface area contributed by atoms with Gasteiger partial charge in [0.25, 0.3) is 0 Å². The van der Waals surface area contributed by atoms with Crippen molar-refractivity contribution < 1.29 is 19.1 Å². The summed E-state index contributed by atoms with van der Waals surface area (Å²) in [7, 11) is 0. The second-order valence-corrected chi connectivity index (χ2v) is 25.0. The molecule has 2 aromatic rings. The third kappa shape index (κ3) is 11.3. The summed E-state index contributed by atoms with van der Waals surface area (Å²) in [5.74, 6) is 0.269. The van der Waals surface area contributed by atoms with Crippen LogP contribution in [0.1, 0.15) is 110 Å². The second-order valence-electron chi connectivity index (χ2n) is 11.9. The Morgan fingerprint density at radius 3 is 1.78 bits per heavy atom. The van der Waals surface area contributed by atoms with Gasteiger partial charge in [0, 0.05) is 0 Å². The summed E-state index contributed by atoms with van der Waals surface area (Å²) in [6.45, 7) is 15.3. The van der Waals surface area contributed by atoms with E-state index in [9.17, 15) is 9.59 Å². The van der Waals surface area contributed by atoms with Crippen molar-refractivity contribution in [3.63, 3.8) is 0 Å². The molecule has 0 amide bonds. The number of carbonyl (C=O) groups is 2. The first-order valence-electron chi connectivity index (χ1n) is 16.0. The van der Waals surface area contributed by atoms with Crippen LogP contribution in [0.25, 0.3) is 3.59 Å². The Balaban J connectivity index is 2.35. The van der Waals surface area contributed by atoms with Crippen molar-refractivity contribution in [2.75, 3.05) is 6.61 Å². The van der Waals surface area contributed by atoms with Crippen LogP contribution in [0.3, 0.4) is 0 Å². The van der Waals surface area contributed by atoms with Crippen LogP contribution in [0.5, 0.6) is 5.75 Å². The predicted octanol–water partition coefficient (Wildman–Crippen LogP) is 9.93. The van der Waals surface area contributed by atoms with Crippen LogP contribution in [-0.4, -0.2) is 36.9 Å². The van der Waals surface area contributed by atoms with Gasteiger partial charge in [0.05, 0.1) is 0 Å². The third-order valence-corrected chi connectivity index (χ3v) is 23.7. The van der Waals surface area contributed by atoms with Gasteiger partial charge in [0.2, 0.25) is 0 Å². The Bertz CT molecular complexity index is 1060. The fraction of sp³-hybridized carbons (Fsp3) is 0.556. The van der Waals surface area contributed by atoms with Gasteiger partial charge < -0.3 is 0 Å². The summed E-state index contributed by atoms with van der Waals surface area (Å²) in [5, 5.41) is 0. The van der Waals surface area contributed by atoms with E-state index in [1.54, 1.807) is 0 Å². The number of rotatable bonds is 18. The molecular formula is C36H54O4Sn. The van der Waals surface area contributed by atoms with Crippen LogP contribution >= 0.6 is 0 Å². The molecule has 0 saturated heterocycles. The standard InChI is InChI=1S/C24H27O4.3C4H9.Sn/c1-5-27-23(25)15-10-19-8-13-22(14-9-19)28-24(26)18(4)21-11-6-20(7-12-21)16-17(2)3;3*1-3-4-2;/h6-9,11-15,17-18H,5,16H2,1-4H3;3*1,3-4H2,2H3;/t18-;;;;/m0..../s1. The Morgan fingerprint density at radius 1 is 0.780 bits per heavy atom. The summed E-state index contributed by atoms with van der Waals surface area (Å²) in [4.78, 5) is 25.9. The molecule has 0 heterocycles. The minimum atomic E-state index is -2.97. The molecule has 0 N–H and O–H groups in total. The van der Waals surface area contributed by atoms with Gasteiger partial charge in [-0.1, -0.05) is 13.8 Å². The SMILES string of the molecule is CCC[CH2][Sn]([CH2]CCC)([CH2]CCC)/[C](=C\C(=O)OCC)c1ccc(OC(=O)[C@@H](C)c2ccc(CC(C)C)cc2)cc1. The van der Waals surface area contributed by atoms with Crippen molar-refractivity contribution in [1.82, 2.24) is 0 Å². The van der Waals surface area contributed by atoms with E-state index in [-0.39, 0.29) is 17.9 Å². The van der Waals surface area contributed by atoms with Gasteiger partial charge in [0.1, 0.15) is 0 Å². The van der Waals surface area contributed by atoms with Gasteiger partial charge in [-0.05, 0) is 12.3 Å². The quantitative estimate of drug-likeness (QED) is 0.0687. The molecule has 0 aliphatic rings. The molecule has 2 rings (SSSR count). The molecule has 4 nitrogen and oxygen atoms in total. The minimum absolute atomic E-state index is 0.239. The van der Waals surface area contributed by atoms with Gasteiger partial charge in [-0.2, -0.15) is 0 Å². The maximum absolute atomic E-state index is 13.0.